The molecule has 88 valence electrons. The molecule has 2 heterocycles. The second-order valence-corrected chi connectivity index (χ2v) is 4.40. The molecule has 1 aromatic heterocycles. The average Bonchev–Trinajstić information content (AvgIpc) is 2.51. The number of nitrogens with zero attached hydrogens (tertiary/aromatic N) is 3. The highest BCUT2D eigenvalue weighted by molar-refractivity contribution is 5.48. The van der Waals surface area contributed by atoms with Crippen LogP contribution in [0.1, 0.15) is 23.5 Å². The average molecular weight is 220 g/mol. The van der Waals surface area contributed by atoms with Crippen molar-refractivity contribution in [2.45, 2.75) is 27.2 Å². The highest BCUT2D eigenvalue weighted by atomic mass is 15.2. The van der Waals surface area contributed by atoms with Crippen LogP contribution in [0.25, 0.3) is 0 Å². The summed E-state index contributed by atoms with van der Waals surface area (Å²) in [6.07, 6.45) is 1.18. The Labute approximate surface area is 97.1 Å². The predicted octanol–water partition coefficient (Wildman–Crippen LogP) is 1.20. The van der Waals surface area contributed by atoms with Gasteiger partial charge in [-0.15, -0.1) is 0 Å². The topological polar surface area (TPSA) is 41.1 Å². The summed E-state index contributed by atoms with van der Waals surface area (Å²) in [5.74, 6) is 1.99. The Bertz CT molecular complexity index is 368. The van der Waals surface area contributed by atoms with E-state index in [4.69, 9.17) is 0 Å². The van der Waals surface area contributed by atoms with Crippen LogP contribution in [0.15, 0.2) is 0 Å². The highest BCUT2D eigenvalue weighted by Gasteiger charge is 2.15. The van der Waals surface area contributed by atoms with Crippen molar-refractivity contribution in [3.05, 3.63) is 17.1 Å². The highest BCUT2D eigenvalue weighted by Crippen LogP contribution is 2.19. The molecule has 1 fully saturated rings. The van der Waals surface area contributed by atoms with Gasteiger partial charge in [0.2, 0.25) is 0 Å². The summed E-state index contributed by atoms with van der Waals surface area (Å²) >= 11 is 0. The molecule has 4 heteroatoms. The van der Waals surface area contributed by atoms with Gasteiger partial charge in [-0.3, -0.25) is 0 Å². The summed E-state index contributed by atoms with van der Waals surface area (Å²) in [5.41, 5.74) is 2.31. The number of rotatable bonds is 1. The smallest absolute Gasteiger partial charge is 0.135 e. The lowest BCUT2D eigenvalue weighted by molar-refractivity contribution is 0.724. The summed E-state index contributed by atoms with van der Waals surface area (Å²) < 4.78 is 0. The monoisotopic (exact) mass is 220 g/mol. The van der Waals surface area contributed by atoms with E-state index in [-0.39, 0.29) is 0 Å². The lowest BCUT2D eigenvalue weighted by Gasteiger charge is -2.23. The molecule has 1 N–H and O–H groups in total. The Morgan fingerprint density at radius 3 is 2.69 bits per heavy atom. The normalized spacial score (nSPS) is 17.3. The Morgan fingerprint density at radius 1 is 1.06 bits per heavy atom. The zero-order chi connectivity index (χ0) is 11.5. The van der Waals surface area contributed by atoms with Gasteiger partial charge >= 0.3 is 0 Å². The fraction of sp³-hybridized carbons (Fsp3) is 0.667. The summed E-state index contributed by atoms with van der Waals surface area (Å²) in [6, 6.07) is 0. The third-order valence-corrected chi connectivity index (χ3v) is 3.11. The lowest BCUT2D eigenvalue weighted by Crippen LogP contribution is -2.29. The number of aromatic nitrogens is 2. The van der Waals surface area contributed by atoms with E-state index in [1.165, 1.54) is 12.0 Å². The van der Waals surface area contributed by atoms with Gasteiger partial charge in [-0.05, 0) is 33.7 Å². The van der Waals surface area contributed by atoms with Crippen LogP contribution in [0.2, 0.25) is 0 Å². The van der Waals surface area contributed by atoms with Crippen LogP contribution in [0.3, 0.4) is 0 Å². The van der Waals surface area contributed by atoms with E-state index >= 15 is 0 Å². The molecule has 0 bridgehead atoms. The minimum Gasteiger partial charge on any atom is -0.355 e. The van der Waals surface area contributed by atoms with Crippen molar-refractivity contribution in [2.24, 2.45) is 0 Å². The van der Waals surface area contributed by atoms with Crippen molar-refractivity contribution in [2.75, 3.05) is 31.1 Å². The van der Waals surface area contributed by atoms with Gasteiger partial charge < -0.3 is 10.2 Å². The largest absolute Gasteiger partial charge is 0.355 e. The first-order valence-corrected chi connectivity index (χ1v) is 5.96. The van der Waals surface area contributed by atoms with E-state index in [0.29, 0.717) is 0 Å². The van der Waals surface area contributed by atoms with Crippen molar-refractivity contribution in [3.8, 4) is 0 Å². The maximum atomic E-state index is 4.59. The van der Waals surface area contributed by atoms with E-state index in [1.807, 2.05) is 6.92 Å². The fourth-order valence-electron chi connectivity index (χ4n) is 2.12. The molecule has 1 aliphatic rings. The summed E-state index contributed by atoms with van der Waals surface area (Å²) in [7, 11) is 0. The second-order valence-electron chi connectivity index (χ2n) is 4.40. The third kappa shape index (κ3) is 2.32. The van der Waals surface area contributed by atoms with Crippen molar-refractivity contribution in [1.29, 1.82) is 0 Å². The maximum Gasteiger partial charge on any atom is 0.135 e. The van der Waals surface area contributed by atoms with Gasteiger partial charge in [0.05, 0.1) is 0 Å². The standard InChI is InChI=1S/C12H20N4/c1-9-10(2)14-11(3)15-12(9)16-7-4-5-13-6-8-16/h13H,4-8H2,1-3H3. The minimum atomic E-state index is 0.871. The zero-order valence-corrected chi connectivity index (χ0v) is 10.4. The molecule has 0 unspecified atom stereocenters. The fourth-order valence-corrected chi connectivity index (χ4v) is 2.12. The lowest BCUT2D eigenvalue weighted by atomic mass is 10.2. The van der Waals surface area contributed by atoms with Gasteiger partial charge in [-0.25, -0.2) is 9.97 Å². The molecule has 0 radical (unpaired) electrons. The molecule has 4 nitrogen and oxygen atoms in total. The zero-order valence-electron chi connectivity index (χ0n) is 10.4. The SMILES string of the molecule is Cc1nc(C)c(C)c(N2CCCNCC2)n1. The Kier molecular flexibility index (Phi) is 3.39. The first kappa shape index (κ1) is 11.3. The molecule has 2 rings (SSSR count). The number of anilines is 1. The molecule has 1 saturated heterocycles. The number of aryl methyl sites for hydroxylation is 2. The number of hydrogen-bond donors (Lipinski definition) is 1. The molecular formula is C12H20N4. The third-order valence-electron chi connectivity index (χ3n) is 3.11. The van der Waals surface area contributed by atoms with Crippen LogP contribution in [0.5, 0.6) is 0 Å². The minimum absolute atomic E-state index is 0.871. The maximum absolute atomic E-state index is 4.59. The van der Waals surface area contributed by atoms with Gasteiger partial charge in [0.1, 0.15) is 11.6 Å². The molecule has 0 aromatic carbocycles. The molecular weight excluding hydrogens is 200 g/mol. The predicted molar refractivity (Wildman–Crippen MR) is 65.9 cm³/mol. The molecule has 1 aliphatic heterocycles. The van der Waals surface area contributed by atoms with Gasteiger partial charge in [-0.1, -0.05) is 0 Å². The Hall–Kier alpha value is -1.16. The van der Waals surface area contributed by atoms with Crippen molar-refractivity contribution in [1.82, 2.24) is 15.3 Å². The Balaban J connectivity index is 2.30. The van der Waals surface area contributed by atoms with E-state index in [0.717, 1.165) is 43.5 Å². The second kappa shape index (κ2) is 4.78. The van der Waals surface area contributed by atoms with Gasteiger partial charge in [-0.2, -0.15) is 0 Å². The van der Waals surface area contributed by atoms with Crippen LogP contribution in [0, 0.1) is 20.8 Å². The van der Waals surface area contributed by atoms with Gasteiger partial charge in [0, 0.05) is 30.9 Å². The molecule has 16 heavy (non-hydrogen) atoms. The number of nitrogens with one attached hydrogen (secondary N) is 1. The summed E-state index contributed by atoms with van der Waals surface area (Å²) in [5, 5.41) is 3.41. The molecule has 0 aliphatic carbocycles. The van der Waals surface area contributed by atoms with E-state index in [2.05, 4.69) is 34.0 Å². The first-order valence-electron chi connectivity index (χ1n) is 5.96. The van der Waals surface area contributed by atoms with E-state index in [9.17, 15) is 0 Å². The van der Waals surface area contributed by atoms with Crippen LogP contribution in [-0.2, 0) is 0 Å². The quantitative estimate of drug-likeness (QED) is 0.772. The Morgan fingerprint density at radius 2 is 1.88 bits per heavy atom. The van der Waals surface area contributed by atoms with Crippen LogP contribution >= 0.6 is 0 Å². The molecule has 0 spiro atoms. The molecule has 0 amide bonds. The van der Waals surface area contributed by atoms with Crippen molar-refractivity contribution in [3.63, 3.8) is 0 Å². The summed E-state index contributed by atoms with van der Waals surface area (Å²) in [6.45, 7) is 10.4. The van der Waals surface area contributed by atoms with Crippen molar-refractivity contribution < 1.29 is 0 Å². The number of hydrogen-bond acceptors (Lipinski definition) is 4. The van der Waals surface area contributed by atoms with Crippen LogP contribution in [-0.4, -0.2) is 36.1 Å². The van der Waals surface area contributed by atoms with Gasteiger partial charge in [0.15, 0.2) is 0 Å². The van der Waals surface area contributed by atoms with E-state index < -0.39 is 0 Å². The van der Waals surface area contributed by atoms with Crippen LogP contribution in [0.4, 0.5) is 5.82 Å². The van der Waals surface area contributed by atoms with Gasteiger partial charge in [0.25, 0.3) is 0 Å². The molecule has 0 saturated carbocycles. The first-order chi connectivity index (χ1) is 7.68. The molecule has 1 aromatic rings. The summed E-state index contributed by atoms with van der Waals surface area (Å²) in [4.78, 5) is 11.4. The van der Waals surface area contributed by atoms with E-state index in [1.54, 1.807) is 0 Å². The van der Waals surface area contributed by atoms with Crippen molar-refractivity contribution >= 4 is 5.82 Å². The molecule has 0 atom stereocenters. The van der Waals surface area contributed by atoms with Crippen LogP contribution < -0.4 is 10.2 Å².